The summed E-state index contributed by atoms with van der Waals surface area (Å²) in [7, 11) is 3.04. The minimum absolute atomic E-state index is 0.112. The van der Waals surface area contributed by atoms with Crippen LogP contribution in [0.25, 0.3) is 6.08 Å². The third-order valence-electron chi connectivity index (χ3n) is 3.79. The molecule has 152 valence electrons. The smallest absolute Gasteiger partial charge is 0.257 e. The van der Waals surface area contributed by atoms with Gasteiger partial charge < -0.3 is 19.5 Å². The first-order valence-electron chi connectivity index (χ1n) is 8.73. The van der Waals surface area contributed by atoms with E-state index < -0.39 is 0 Å². The summed E-state index contributed by atoms with van der Waals surface area (Å²) in [6.07, 6.45) is 3.14. The van der Waals surface area contributed by atoms with Crippen LogP contribution in [0.4, 0.5) is 0 Å². The minimum Gasteiger partial charge on any atom is -0.493 e. The third kappa shape index (κ3) is 7.01. The lowest BCUT2D eigenvalue weighted by atomic mass is 10.1. The summed E-state index contributed by atoms with van der Waals surface area (Å²) in [6.45, 7) is 3.65. The molecule has 2 aromatic carbocycles. The van der Waals surface area contributed by atoms with Crippen molar-refractivity contribution in [2.75, 3.05) is 27.4 Å². The molecule has 0 aliphatic rings. The fraction of sp³-hybridized carbons (Fsp3) is 0.182. The number of hydrogen-bond acceptors (Lipinski definition) is 5. The molecule has 0 spiro atoms. The van der Waals surface area contributed by atoms with Crippen molar-refractivity contribution in [2.45, 2.75) is 0 Å². The number of ether oxygens (including phenoxy) is 3. The van der Waals surface area contributed by atoms with E-state index in [1.807, 2.05) is 0 Å². The zero-order valence-corrected chi connectivity index (χ0v) is 17.0. The van der Waals surface area contributed by atoms with E-state index in [0.717, 1.165) is 5.56 Å². The van der Waals surface area contributed by atoms with Gasteiger partial charge in [0.15, 0.2) is 23.9 Å². The maximum atomic E-state index is 12.4. The van der Waals surface area contributed by atoms with Crippen molar-refractivity contribution < 1.29 is 23.8 Å². The molecule has 0 atom stereocenters. The summed E-state index contributed by atoms with van der Waals surface area (Å²) in [5.41, 5.74) is 1.28. The zero-order valence-electron chi connectivity index (χ0n) is 16.2. The van der Waals surface area contributed by atoms with Gasteiger partial charge in [-0.3, -0.25) is 9.59 Å². The zero-order chi connectivity index (χ0) is 21.2. The highest BCUT2D eigenvalue weighted by atomic mass is 35.5. The van der Waals surface area contributed by atoms with Gasteiger partial charge >= 0.3 is 0 Å². The molecule has 6 nitrogen and oxygen atoms in total. The molecule has 0 heterocycles. The molecule has 0 saturated carbocycles. The third-order valence-corrected chi connectivity index (χ3v) is 3.90. The number of carbonyl (C=O) groups is 2. The van der Waals surface area contributed by atoms with E-state index >= 15 is 0 Å². The molecule has 0 aromatic heterocycles. The van der Waals surface area contributed by atoms with Crippen molar-refractivity contribution in [3.63, 3.8) is 0 Å². The predicted molar refractivity (Wildman–Crippen MR) is 113 cm³/mol. The van der Waals surface area contributed by atoms with Gasteiger partial charge in [0, 0.05) is 17.6 Å². The van der Waals surface area contributed by atoms with Gasteiger partial charge in [-0.2, -0.15) is 0 Å². The number of carbonyl (C=O) groups excluding carboxylic acids is 2. The van der Waals surface area contributed by atoms with Crippen LogP contribution in [-0.4, -0.2) is 39.1 Å². The topological polar surface area (TPSA) is 73.9 Å². The van der Waals surface area contributed by atoms with Crippen LogP contribution < -0.4 is 19.5 Å². The summed E-state index contributed by atoms with van der Waals surface area (Å²) in [5.74, 6) is 1.10. The molecule has 2 aromatic rings. The lowest BCUT2D eigenvalue weighted by molar-refractivity contribution is -0.122. The van der Waals surface area contributed by atoms with Gasteiger partial charge in [-0.15, -0.1) is 0 Å². The molecule has 29 heavy (non-hydrogen) atoms. The number of nitrogens with one attached hydrogen (secondary N) is 1. The van der Waals surface area contributed by atoms with Crippen molar-refractivity contribution >= 4 is 29.4 Å². The lowest BCUT2D eigenvalue weighted by Crippen LogP contribution is -2.24. The van der Waals surface area contributed by atoms with E-state index in [0.29, 0.717) is 27.8 Å². The normalized spacial score (nSPS) is 10.4. The highest BCUT2D eigenvalue weighted by Crippen LogP contribution is 2.28. The van der Waals surface area contributed by atoms with Gasteiger partial charge in [-0.25, -0.2) is 0 Å². The Morgan fingerprint density at radius 1 is 1.07 bits per heavy atom. The molecular formula is C22H22ClNO5. The summed E-state index contributed by atoms with van der Waals surface area (Å²) in [4.78, 5) is 23.7. The molecular weight excluding hydrogens is 394 g/mol. The van der Waals surface area contributed by atoms with Crippen molar-refractivity contribution in [3.05, 3.63) is 71.3 Å². The van der Waals surface area contributed by atoms with Crippen LogP contribution in [0.5, 0.6) is 17.2 Å². The van der Waals surface area contributed by atoms with Gasteiger partial charge in [0.2, 0.25) is 0 Å². The van der Waals surface area contributed by atoms with Crippen LogP contribution in [0.1, 0.15) is 15.9 Å². The Kier molecular flexibility index (Phi) is 8.30. The number of benzene rings is 2. The number of allylic oxidation sites excluding steroid dienone is 1. The van der Waals surface area contributed by atoms with Crippen molar-refractivity contribution in [2.24, 2.45) is 0 Å². The molecule has 0 fully saturated rings. The fourth-order valence-electron chi connectivity index (χ4n) is 2.27. The second-order valence-electron chi connectivity index (χ2n) is 5.90. The van der Waals surface area contributed by atoms with Gasteiger partial charge in [0.1, 0.15) is 12.4 Å². The highest BCUT2D eigenvalue weighted by molar-refractivity contribution is 6.29. The largest absolute Gasteiger partial charge is 0.493 e. The molecule has 0 aliphatic heterocycles. The summed E-state index contributed by atoms with van der Waals surface area (Å²) < 4.78 is 16.1. The van der Waals surface area contributed by atoms with Gasteiger partial charge in [0.25, 0.3) is 5.91 Å². The maximum Gasteiger partial charge on any atom is 0.257 e. The average molecular weight is 416 g/mol. The quantitative estimate of drug-likeness (QED) is 0.471. The number of methoxy groups -OCH3 is 1. The second kappa shape index (κ2) is 10.9. The average Bonchev–Trinajstić information content (AvgIpc) is 2.74. The van der Waals surface area contributed by atoms with E-state index in [9.17, 15) is 9.59 Å². The first kappa shape index (κ1) is 22.0. The van der Waals surface area contributed by atoms with Gasteiger partial charge in [0.05, 0.1) is 7.11 Å². The molecule has 1 amide bonds. The Morgan fingerprint density at radius 2 is 1.79 bits per heavy atom. The monoisotopic (exact) mass is 415 g/mol. The molecule has 0 saturated heterocycles. The Morgan fingerprint density at radius 3 is 2.41 bits per heavy atom. The number of ketones is 1. The SMILES string of the molecule is C=C(Cl)COc1ccc(C(=O)C=Cc2ccc(OCC(=O)NC)c(OC)c2)cc1. The number of hydrogen-bond donors (Lipinski definition) is 1. The number of rotatable bonds is 10. The Bertz CT molecular complexity index is 906. The van der Waals surface area contributed by atoms with Crippen molar-refractivity contribution in [1.82, 2.24) is 5.32 Å². The van der Waals surface area contributed by atoms with Crippen LogP contribution in [0.3, 0.4) is 0 Å². The highest BCUT2D eigenvalue weighted by Gasteiger charge is 2.08. The van der Waals surface area contributed by atoms with Gasteiger partial charge in [-0.05, 0) is 48.0 Å². The van der Waals surface area contributed by atoms with E-state index in [-0.39, 0.29) is 24.9 Å². The van der Waals surface area contributed by atoms with E-state index in [1.54, 1.807) is 48.5 Å². The van der Waals surface area contributed by atoms with Crippen molar-refractivity contribution in [1.29, 1.82) is 0 Å². The molecule has 7 heteroatoms. The Labute approximate surface area is 174 Å². The number of amides is 1. The van der Waals surface area contributed by atoms with Crippen LogP contribution in [0.15, 0.2) is 60.2 Å². The molecule has 0 radical (unpaired) electrons. The predicted octanol–water partition coefficient (Wildman–Crippen LogP) is 3.85. The van der Waals surface area contributed by atoms with Crippen LogP contribution in [-0.2, 0) is 4.79 Å². The molecule has 0 aliphatic carbocycles. The van der Waals surface area contributed by atoms with E-state index in [2.05, 4.69) is 11.9 Å². The summed E-state index contributed by atoms with van der Waals surface area (Å²) in [6, 6.07) is 11.9. The lowest BCUT2D eigenvalue weighted by Gasteiger charge is -2.10. The number of halogens is 1. The second-order valence-corrected chi connectivity index (χ2v) is 6.43. The van der Waals surface area contributed by atoms with E-state index in [4.69, 9.17) is 25.8 Å². The molecule has 0 bridgehead atoms. The summed E-state index contributed by atoms with van der Waals surface area (Å²) >= 11 is 5.66. The van der Waals surface area contributed by atoms with Crippen LogP contribution in [0, 0.1) is 0 Å². The van der Waals surface area contributed by atoms with Crippen molar-refractivity contribution in [3.8, 4) is 17.2 Å². The maximum absolute atomic E-state index is 12.4. The van der Waals surface area contributed by atoms with E-state index in [1.165, 1.54) is 20.2 Å². The first-order valence-corrected chi connectivity index (χ1v) is 9.10. The Hall–Kier alpha value is -3.25. The molecule has 0 unspecified atom stereocenters. The standard InChI is InChI=1S/C22H22ClNO5/c1-15(23)13-28-18-8-6-17(7-9-18)19(25)10-4-16-5-11-20(21(12-16)27-3)29-14-22(26)24-2/h4-12H,1,13-14H2,2-3H3,(H,24,26). The first-order chi connectivity index (χ1) is 13.9. The van der Waals surface area contributed by atoms with Gasteiger partial charge in [-0.1, -0.05) is 30.3 Å². The van der Waals surface area contributed by atoms with Crippen LogP contribution in [0.2, 0.25) is 0 Å². The number of likely N-dealkylation sites (N-methyl/N-ethyl adjacent to an activating group) is 1. The minimum atomic E-state index is -0.245. The molecule has 1 N–H and O–H groups in total. The summed E-state index contributed by atoms with van der Waals surface area (Å²) in [5, 5.41) is 2.87. The molecule has 2 rings (SSSR count). The Balaban J connectivity index is 2.03. The fourth-order valence-corrected chi connectivity index (χ4v) is 2.32. The van der Waals surface area contributed by atoms with Crippen LogP contribution >= 0.6 is 11.6 Å².